The molecular formula is C6H17NOS. The molecule has 9 heavy (non-hydrogen) atoms. The molecule has 58 valence electrons. The first-order valence-electron chi connectivity index (χ1n) is 3.28. The number of rotatable bonds is 0. The lowest BCUT2D eigenvalue weighted by molar-refractivity contribution is 0.109. The summed E-state index contributed by atoms with van der Waals surface area (Å²) in [5, 5.41) is 3.16. The van der Waals surface area contributed by atoms with Crippen molar-refractivity contribution in [3.63, 3.8) is 0 Å². The van der Waals surface area contributed by atoms with Crippen molar-refractivity contribution in [3.8, 4) is 0 Å². The van der Waals surface area contributed by atoms with Crippen LogP contribution in [0.4, 0.5) is 0 Å². The monoisotopic (exact) mass is 151 g/mol. The van der Waals surface area contributed by atoms with E-state index in [1.54, 1.807) is 0 Å². The molecule has 1 aliphatic rings. The first-order chi connectivity index (χ1) is 4.00. The van der Waals surface area contributed by atoms with Crippen LogP contribution in [0.3, 0.4) is 0 Å². The predicted octanol–water partition coefficient (Wildman–Crippen LogP) is 0.745. The number of ether oxygens (including phenoxy) is 1. The lowest BCUT2D eigenvalue weighted by Gasteiger charge is -2.10. The average molecular weight is 151 g/mol. The van der Waals surface area contributed by atoms with Crippen LogP contribution in [0.15, 0.2) is 0 Å². The van der Waals surface area contributed by atoms with Crippen LogP contribution in [0.5, 0.6) is 0 Å². The number of hydrogen-bond donors (Lipinski definition) is 1. The van der Waals surface area contributed by atoms with Gasteiger partial charge in [-0.25, -0.2) is 0 Å². The Morgan fingerprint density at radius 1 is 1.11 bits per heavy atom. The lowest BCUT2D eigenvalue weighted by Crippen LogP contribution is -2.30. The van der Waals surface area contributed by atoms with E-state index in [0.717, 1.165) is 26.3 Å². The number of hydrogen-bond acceptors (Lipinski definition) is 2. The van der Waals surface area contributed by atoms with E-state index in [1.807, 2.05) is 13.8 Å². The molecule has 1 fully saturated rings. The van der Waals surface area contributed by atoms with Gasteiger partial charge in [-0.2, -0.15) is 13.5 Å². The van der Waals surface area contributed by atoms with Gasteiger partial charge in [0, 0.05) is 13.1 Å². The second-order valence-electron chi connectivity index (χ2n) is 1.36. The maximum absolute atomic E-state index is 5.01. The zero-order valence-corrected chi connectivity index (χ0v) is 7.24. The molecule has 0 aliphatic carbocycles. The van der Waals surface area contributed by atoms with E-state index >= 15 is 0 Å². The highest BCUT2D eigenvalue weighted by Crippen LogP contribution is 1.76. The van der Waals surface area contributed by atoms with Gasteiger partial charge in [0.25, 0.3) is 0 Å². The fraction of sp³-hybridized carbons (Fsp3) is 1.00. The molecule has 1 heterocycles. The first kappa shape index (κ1) is 12.0. The zero-order valence-electron chi connectivity index (χ0n) is 6.24. The summed E-state index contributed by atoms with van der Waals surface area (Å²) in [5.74, 6) is 0. The Bertz CT molecular complexity index is 28.5. The van der Waals surface area contributed by atoms with Gasteiger partial charge in [0.05, 0.1) is 13.2 Å². The van der Waals surface area contributed by atoms with Crippen LogP contribution < -0.4 is 5.32 Å². The minimum absolute atomic E-state index is 0. The Labute approximate surface area is 64.4 Å². The second-order valence-corrected chi connectivity index (χ2v) is 1.36. The third kappa shape index (κ3) is 8.27. The molecule has 2 nitrogen and oxygen atoms in total. The van der Waals surface area contributed by atoms with Crippen molar-refractivity contribution in [2.45, 2.75) is 13.8 Å². The van der Waals surface area contributed by atoms with Crippen molar-refractivity contribution in [3.05, 3.63) is 0 Å². The lowest BCUT2D eigenvalue weighted by atomic mass is 10.5. The van der Waals surface area contributed by atoms with Gasteiger partial charge in [0.1, 0.15) is 0 Å². The maximum atomic E-state index is 5.01. The Balaban J connectivity index is 0. The summed E-state index contributed by atoms with van der Waals surface area (Å²) < 4.78 is 5.01. The molecule has 3 heteroatoms. The van der Waals surface area contributed by atoms with Crippen LogP contribution in [0, 0.1) is 0 Å². The molecular weight excluding hydrogens is 134 g/mol. The average Bonchev–Trinajstić information content (AvgIpc) is 1.96. The largest absolute Gasteiger partial charge is 0.379 e. The van der Waals surface area contributed by atoms with E-state index in [4.69, 9.17) is 4.74 Å². The van der Waals surface area contributed by atoms with E-state index in [0.29, 0.717) is 0 Å². The van der Waals surface area contributed by atoms with E-state index in [1.165, 1.54) is 0 Å². The Kier molecular flexibility index (Phi) is 14.8. The van der Waals surface area contributed by atoms with E-state index in [2.05, 4.69) is 5.32 Å². The van der Waals surface area contributed by atoms with Crippen molar-refractivity contribution in [1.82, 2.24) is 5.32 Å². The standard InChI is InChI=1S/C4H9NO.C2H6.H2S/c1-3-6-4-2-5-1;1-2;/h5H,1-4H2;1-2H3;1H2. The predicted molar refractivity (Wildman–Crippen MR) is 45.4 cm³/mol. The summed E-state index contributed by atoms with van der Waals surface area (Å²) >= 11 is 0. The molecule has 0 radical (unpaired) electrons. The fourth-order valence-corrected chi connectivity index (χ4v) is 0.516. The Hall–Kier alpha value is 0.270. The van der Waals surface area contributed by atoms with Crippen LogP contribution >= 0.6 is 13.5 Å². The van der Waals surface area contributed by atoms with Crippen molar-refractivity contribution in [1.29, 1.82) is 0 Å². The first-order valence-corrected chi connectivity index (χ1v) is 3.28. The van der Waals surface area contributed by atoms with Crippen molar-refractivity contribution in [2.24, 2.45) is 0 Å². The summed E-state index contributed by atoms with van der Waals surface area (Å²) in [6.07, 6.45) is 0. The van der Waals surface area contributed by atoms with Crippen LogP contribution in [0.1, 0.15) is 13.8 Å². The van der Waals surface area contributed by atoms with Gasteiger partial charge >= 0.3 is 0 Å². The summed E-state index contributed by atoms with van der Waals surface area (Å²) in [4.78, 5) is 0. The molecule has 1 saturated heterocycles. The minimum atomic E-state index is 0. The third-order valence-electron chi connectivity index (χ3n) is 0.846. The molecule has 0 unspecified atom stereocenters. The molecule has 0 aromatic heterocycles. The zero-order chi connectivity index (χ0) is 6.24. The topological polar surface area (TPSA) is 21.3 Å². The van der Waals surface area contributed by atoms with E-state index in [9.17, 15) is 0 Å². The molecule has 1 N–H and O–H groups in total. The molecule has 0 aromatic rings. The second kappa shape index (κ2) is 11.1. The van der Waals surface area contributed by atoms with Gasteiger partial charge in [-0.15, -0.1) is 0 Å². The quantitative estimate of drug-likeness (QED) is 0.551. The summed E-state index contributed by atoms with van der Waals surface area (Å²) in [7, 11) is 0. The molecule has 0 spiro atoms. The summed E-state index contributed by atoms with van der Waals surface area (Å²) in [6, 6.07) is 0. The van der Waals surface area contributed by atoms with Gasteiger partial charge < -0.3 is 10.1 Å². The minimum Gasteiger partial charge on any atom is -0.379 e. The van der Waals surface area contributed by atoms with Crippen molar-refractivity contribution in [2.75, 3.05) is 26.3 Å². The summed E-state index contributed by atoms with van der Waals surface area (Å²) in [5.41, 5.74) is 0. The van der Waals surface area contributed by atoms with Gasteiger partial charge in [-0.3, -0.25) is 0 Å². The number of morpholine rings is 1. The molecule has 0 amide bonds. The molecule has 0 saturated carbocycles. The van der Waals surface area contributed by atoms with Gasteiger partial charge in [-0.05, 0) is 0 Å². The smallest absolute Gasteiger partial charge is 0.0591 e. The van der Waals surface area contributed by atoms with E-state index < -0.39 is 0 Å². The van der Waals surface area contributed by atoms with Crippen molar-refractivity contribution < 1.29 is 4.74 Å². The molecule has 0 atom stereocenters. The number of nitrogens with one attached hydrogen (secondary N) is 1. The van der Waals surface area contributed by atoms with Gasteiger partial charge in [0.2, 0.25) is 0 Å². The molecule has 1 aliphatic heterocycles. The van der Waals surface area contributed by atoms with Crippen LogP contribution in [0.2, 0.25) is 0 Å². The van der Waals surface area contributed by atoms with E-state index in [-0.39, 0.29) is 13.5 Å². The maximum Gasteiger partial charge on any atom is 0.0591 e. The van der Waals surface area contributed by atoms with Gasteiger partial charge in [-0.1, -0.05) is 13.8 Å². The van der Waals surface area contributed by atoms with Crippen LogP contribution in [-0.4, -0.2) is 26.3 Å². The highest BCUT2D eigenvalue weighted by molar-refractivity contribution is 7.59. The normalized spacial score (nSPS) is 16.7. The highest BCUT2D eigenvalue weighted by Gasteiger charge is 1.92. The van der Waals surface area contributed by atoms with Crippen LogP contribution in [-0.2, 0) is 4.74 Å². The Morgan fingerprint density at radius 3 is 1.67 bits per heavy atom. The fourth-order valence-electron chi connectivity index (χ4n) is 0.516. The van der Waals surface area contributed by atoms with Crippen LogP contribution in [0.25, 0.3) is 0 Å². The molecule has 0 aromatic carbocycles. The third-order valence-corrected chi connectivity index (χ3v) is 0.846. The van der Waals surface area contributed by atoms with Crippen molar-refractivity contribution >= 4 is 13.5 Å². The Morgan fingerprint density at radius 2 is 1.56 bits per heavy atom. The molecule has 1 rings (SSSR count). The summed E-state index contributed by atoms with van der Waals surface area (Å²) in [6.45, 7) is 7.83. The molecule has 0 bridgehead atoms. The highest BCUT2D eigenvalue weighted by atomic mass is 32.1. The SMILES string of the molecule is C1COCCN1.CC.S. The van der Waals surface area contributed by atoms with Gasteiger partial charge in [0.15, 0.2) is 0 Å².